The summed E-state index contributed by atoms with van der Waals surface area (Å²) in [5.74, 6) is -0.0637. The van der Waals surface area contributed by atoms with Gasteiger partial charge in [0.15, 0.2) is 17.1 Å². The lowest BCUT2D eigenvalue weighted by atomic mass is 9.74. The monoisotopic (exact) mass is 531 g/mol. The lowest BCUT2D eigenvalue weighted by Crippen LogP contribution is -2.67. The summed E-state index contributed by atoms with van der Waals surface area (Å²) in [6.45, 7) is 5.17. The maximum Gasteiger partial charge on any atom is 0.228 e. The Labute approximate surface area is 232 Å². The minimum absolute atomic E-state index is 0.00411. The van der Waals surface area contributed by atoms with Crippen molar-refractivity contribution in [1.82, 2.24) is 15.5 Å². The highest BCUT2D eigenvalue weighted by molar-refractivity contribution is 6.15. The third-order valence-electron chi connectivity index (χ3n) is 9.30. The van der Waals surface area contributed by atoms with Crippen LogP contribution in [-0.2, 0) is 14.4 Å². The standard InChI is InChI=1S/C32H57N3O3/c1-2-3-4-5-6-14-21-29(36)32(30(37)28-20-13-7-9-17-24-34-28)22-15-8-10-18-25-35(32)31(38)27-19-12-11-16-23-33-26-27/h27-28,33-34H,2-26H2,1H3. The van der Waals surface area contributed by atoms with E-state index in [1.54, 1.807) is 0 Å². The van der Waals surface area contributed by atoms with Gasteiger partial charge in [-0.2, -0.15) is 0 Å². The molecule has 0 aromatic carbocycles. The second-order valence-electron chi connectivity index (χ2n) is 12.3. The Balaban J connectivity index is 1.90. The summed E-state index contributed by atoms with van der Waals surface area (Å²) in [6.07, 6.45) is 20.7. The molecule has 2 N–H and O–H groups in total. The molecule has 0 saturated carbocycles. The quantitative estimate of drug-likeness (QED) is 0.248. The van der Waals surface area contributed by atoms with E-state index in [1.165, 1.54) is 25.7 Å². The molecule has 6 heteroatoms. The van der Waals surface area contributed by atoms with Crippen molar-refractivity contribution in [3.05, 3.63) is 0 Å². The molecule has 3 aliphatic heterocycles. The zero-order valence-corrected chi connectivity index (χ0v) is 24.5. The number of unbranched alkanes of at least 4 members (excludes halogenated alkanes) is 5. The molecule has 0 spiro atoms. The fourth-order valence-corrected chi connectivity index (χ4v) is 6.93. The van der Waals surface area contributed by atoms with E-state index < -0.39 is 5.54 Å². The Morgan fingerprint density at radius 2 is 1.45 bits per heavy atom. The van der Waals surface area contributed by atoms with Crippen LogP contribution >= 0.6 is 0 Å². The molecule has 3 aliphatic rings. The van der Waals surface area contributed by atoms with E-state index in [0.29, 0.717) is 25.9 Å². The molecular weight excluding hydrogens is 474 g/mol. The van der Waals surface area contributed by atoms with Crippen molar-refractivity contribution >= 4 is 17.5 Å². The van der Waals surface area contributed by atoms with Gasteiger partial charge in [0, 0.05) is 19.5 Å². The number of carbonyl (C=O) groups is 3. The van der Waals surface area contributed by atoms with E-state index >= 15 is 0 Å². The first-order valence-corrected chi connectivity index (χ1v) is 16.4. The number of amides is 1. The zero-order chi connectivity index (χ0) is 27.1. The van der Waals surface area contributed by atoms with E-state index in [1.807, 2.05) is 4.90 Å². The third kappa shape index (κ3) is 8.87. The number of carbonyl (C=O) groups excluding carboxylic acids is 3. The normalized spacial score (nSPS) is 28.2. The van der Waals surface area contributed by atoms with Gasteiger partial charge in [-0.05, 0) is 58.0 Å². The summed E-state index contributed by atoms with van der Waals surface area (Å²) < 4.78 is 0. The van der Waals surface area contributed by atoms with Gasteiger partial charge in [-0.1, -0.05) is 90.4 Å². The number of hydrogen-bond acceptors (Lipinski definition) is 5. The first-order chi connectivity index (χ1) is 18.6. The number of ketones is 2. The van der Waals surface area contributed by atoms with Crippen molar-refractivity contribution in [1.29, 1.82) is 0 Å². The molecule has 3 rings (SSSR count). The Kier molecular flexibility index (Phi) is 14.3. The number of hydrogen-bond donors (Lipinski definition) is 2. The van der Waals surface area contributed by atoms with Gasteiger partial charge in [0.05, 0.1) is 12.0 Å². The Bertz CT molecular complexity index is 711. The van der Waals surface area contributed by atoms with E-state index in [2.05, 4.69) is 17.6 Å². The topological polar surface area (TPSA) is 78.5 Å². The van der Waals surface area contributed by atoms with Crippen LogP contribution in [0.15, 0.2) is 0 Å². The molecule has 3 saturated heterocycles. The second-order valence-corrected chi connectivity index (χ2v) is 12.3. The molecule has 3 heterocycles. The molecule has 0 bridgehead atoms. The van der Waals surface area contributed by atoms with Crippen molar-refractivity contribution < 1.29 is 14.4 Å². The molecule has 1 amide bonds. The summed E-state index contributed by atoms with van der Waals surface area (Å²) in [5.41, 5.74) is -1.29. The molecule has 0 aromatic rings. The first-order valence-electron chi connectivity index (χ1n) is 16.4. The van der Waals surface area contributed by atoms with Crippen LogP contribution in [0.4, 0.5) is 0 Å². The van der Waals surface area contributed by atoms with Crippen LogP contribution in [-0.4, -0.2) is 60.1 Å². The number of likely N-dealkylation sites (tertiary alicyclic amines) is 1. The molecule has 3 unspecified atom stereocenters. The number of nitrogens with one attached hydrogen (secondary N) is 2. The first kappa shape index (κ1) is 31.3. The van der Waals surface area contributed by atoms with Gasteiger partial charge < -0.3 is 15.5 Å². The van der Waals surface area contributed by atoms with E-state index in [4.69, 9.17) is 0 Å². The molecule has 6 nitrogen and oxygen atoms in total. The summed E-state index contributed by atoms with van der Waals surface area (Å²) in [5, 5.41) is 7.01. The van der Waals surface area contributed by atoms with Gasteiger partial charge in [0.25, 0.3) is 0 Å². The minimum Gasteiger partial charge on any atom is -0.323 e. The van der Waals surface area contributed by atoms with E-state index in [0.717, 1.165) is 109 Å². The van der Waals surface area contributed by atoms with Crippen LogP contribution in [0.1, 0.15) is 142 Å². The van der Waals surface area contributed by atoms with Gasteiger partial charge in [-0.15, -0.1) is 0 Å². The number of rotatable bonds is 11. The smallest absolute Gasteiger partial charge is 0.228 e. The highest BCUT2D eigenvalue weighted by Gasteiger charge is 2.53. The largest absolute Gasteiger partial charge is 0.323 e. The van der Waals surface area contributed by atoms with Crippen molar-refractivity contribution in [2.24, 2.45) is 5.92 Å². The minimum atomic E-state index is -1.29. The zero-order valence-electron chi connectivity index (χ0n) is 24.5. The van der Waals surface area contributed by atoms with Crippen LogP contribution in [0.3, 0.4) is 0 Å². The number of Topliss-reactive ketones (excluding diaryl/α,β-unsaturated/α-hetero) is 2. The fourth-order valence-electron chi connectivity index (χ4n) is 6.93. The molecule has 3 fully saturated rings. The van der Waals surface area contributed by atoms with Crippen molar-refractivity contribution in [3.8, 4) is 0 Å². The van der Waals surface area contributed by atoms with Crippen LogP contribution in [0.5, 0.6) is 0 Å². The average molecular weight is 532 g/mol. The lowest BCUT2D eigenvalue weighted by molar-refractivity contribution is -0.159. The maximum absolute atomic E-state index is 14.6. The van der Waals surface area contributed by atoms with E-state index in [-0.39, 0.29) is 29.4 Å². The highest BCUT2D eigenvalue weighted by atomic mass is 16.2. The predicted molar refractivity (Wildman–Crippen MR) is 155 cm³/mol. The van der Waals surface area contributed by atoms with Crippen LogP contribution < -0.4 is 10.6 Å². The van der Waals surface area contributed by atoms with Crippen LogP contribution in [0.25, 0.3) is 0 Å². The predicted octanol–water partition coefficient (Wildman–Crippen LogP) is 6.11. The molecule has 0 aliphatic carbocycles. The van der Waals surface area contributed by atoms with Crippen molar-refractivity contribution in [2.75, 3.05) is 26.2 Å². The Morgan fingerprint density at radius 3 is 2.32 bits per heavy atom. The van der Waals surface area contributed by atoms with Gasteiger partial charge in [-0.3, -0.25) is 14.4 Å². The molecule has 218 valence electrons. The highest BCUT2D eigenvalue weighted by Crippen LogP contribution is 2.35. The Morgan fingerprint density at radius 1 is 0.763 bits per heavy atom. The van der Waals surface area contributed by atoms with Crippen molar-refractivity contribution in [3.63, 3.8) is 0 Å². The molecule has 0 radical (unpaired) electrons. The van der Waals surface area contributed by atoms with Gasteiger partial charge in [0.2, 0.25) is 5.91 Å². The number of nitrogens with zero attached hydrogens (tertiary/aromatic N) is 1. The SMILES string of the molecule is CCCCCCCCC(=O)C1(C(=O)C2CCCCCCN2)CCCCCCN1C(=O)C1CCCCCNC1. The van der Waals surface area contributed by atoms with Gasteiger partial charge in [-0.25, -0.2) is 0 Å². The van der Waals surface area contributed by atoms with Crippen LogP contribution in [0, 0.1) is 5.92 Å². The second kappa shape index (κ2) is 17.4. The fraction of sp³-hybridized carbons (Fsp3) is 0.906. The Hall–Kier alpha value is -1.27. The van der Waals surface area contributed by atoms with Crippen molar-refractivity contribution in [2.45, 2.75) is 153 Å². The average Bonchev–Trinajstić information content (AvgIpc) is 2.85. The lowest BCUT2D eigenvalue weighted by Gasteiger charge is -2.46. The van der Waals surface area contributed by atoms with E-state index in [9.17, 15) is 14.4 Å². The van der Waals surface area contributed by atoms with Gasteiger partial charge >= 0.3 is 0 Å². The summed E-state index contributed by atoms with van der Waals surface area (Å²) in [4.78, 5) is 45.2. The summed E-state index contributed by atoms with van der Waals surface area (Å²) in [7, 11) is 0. The molecule has 38 heavy (non-hydrogen) atoms. The molecular formula is C32H57N3O3. The third-order valence-corrected chi connectivity index (χ3v) is 9.30. The van der Waals surface area contributed by atoms with Crippen LogP contribution in [0.2, 0.25) is 0 Å². The summed E-state index contributed by atoms with van der Waals surface area (Å²) >= 11 is 0. The maximum atomic E-state index is 14.6. The summed E-state index contributed by atoms with van der Waals surface area (Å²) in [6, 6.07) is -0.325. The molecule has 0 aromatic heterocycles. The van der Waals surface area contributed by atoms with Gasteiger partial charge in [0.1, 0.15) is 0 Å². The molecule has 3 atom stereocenters.